The molecule has 1 aliphatic rings. The van der Waals surface area contributed by atoms with Crippen LogP contribution in [0.15, 0.2) is 39.5 Å². The van der Waals surface area contributed by atoms with Gasteiger partial charge in [0.05, 0.1) is 16.3 Å². The standard InChI is InChI=1S/C13H12N6O4S/c1-7-11(12(21)18(13(24)14-7)17-8(2)20)16-15-9-3-5-10(6-4-9)19(22)23/h3-6,11H,1-2H3,(H,17,20)/t11-/m0/s1. The van der Waals surface area contributed by atoms with Gasteiger partial charge in [-0.2, -0.15) is 15.2 Å². The van der Waals surface area contributed by atoms with Gasteiger partial charge in [0.1, 0.15) is 0 Å². The summed E-state index contributed by atoms with van der Waals surface area (Å²) in [6.45, 7) is 2.79. The molecule has 11 heteroatoms. The molecule has 0 bridgehead atoms. The Bertz CT molecular complexity index is 773. The van der Waals surface area contributed by atoms with Crippen LogP contribution in [-0.2, 0) is 9.59 Å². The van der Waals surface area contributed by atoms with Crippen molar-refractivity contribution in [3.63, 3.8) is 0 Å². The zero-order valence-corrected chi connectivity index (χ0v) is 13.5. The average molecular weight is 348 g/mol. The van der Waals surface area contributed by atoms with Gasteiger partial charge in [-0.3, -0.25) is 25.1 Å². The largest absolute Gasteiger partial charge is 0.280 e. The molecule has 10 nitrogen and oxygen atoms in total. The third-order valence-electron chi connectivity index (χ3n) is 2.93. The smallest absolute Gasteiger partial charge is 0.274 e. The van der Waals surface area contributed by atoms with Crippen LogP contribution >= 0.6 is 12.2 Å². The van der Waals surface area contributed by atoms with E-state index >= 15 is 0 Å². The summed E-state index contributed by atoms with van der Waals surface area (Å²) >= 11 is 4.94. The first-order chi connectivity index (χ1) is 11.3. The van der Waals surface area contributed by atoms with Crippen molar-refractivity contribution in [2.45, 2.75) is 19.9 Å². The second kappa shape index (κ2) is 7.00. The first-order valence-electron chi connectivity index (χ1n) is 6.65. The van der Waals surface area contributed by atoms with Crippen LogP contribution in [0.2, 0.25) is 0 Å². The van der Waals surface area contributed by atoms with Gasteiger partial charge in [0.2, 0.25) is 11.0 Å². The monoisotopic (exact) mass is 348 g/mol. The fraction of sp³-hybridized carbons (Fsp3) is 0.231. The van der Waals surface area contributed by atoms with Crippen molar-refractivity contribution in [3.05, 3.63) is 34.4 Å². The second-order valence-electron chi connectivity index (χ2n) is 4.77. The highest BCUT2D eigenvalue weighted by Crippen LogP contribution is 2.19. The number of nitrogens with zero attached hydrogens (tertiary/aromatic N) is 5. The fourth-order valence-electron chi connectivity index (χ4n) is 1.82. The number of carbonyl (C=O) groups excluding carboxylic acids is 2. The number of rotatable bonds is 4. The summed E-state index contributed by atoms with van der Waals surface area (Å²) in [6.07, 6.45) is 0. The Morgan fingerprint density at radius 3 is 2.58 bits per heavy atom. The van der Waals surface area contributed by atoms with Gasteiger partial charge in [-0.25, -0.2) is 4.99 Å². The lowest BCUT2D eigenvalue weighted by molar-refractivity contribution is -0.384. The van der Waals surface area contributed by atoms with E-state index in [2.05, 4.69) is 20.6 Å². The summed E-state index contributed by atoms with van der Waals surface area (Å²) in [5.41, 5.74) is 2.85. The third kappa shape index (κ3) is 3.81. The summed E-state index contributed by atoms with van der Waals surface area (Å²) < 4.78 is 0. The molecule has 1 atom stereocenters. The van der Waals surface area contributed by atoms with Crippen LogP contribution < -0.4 is 5.43 Å². The number of carbonyl (C=O) groups is 2. The molecule has 0 aromatic heterocycles. The Morgan fingerprint density at radius 2 is 2.04 bits per heavy atom. The molecule has 0 saturated carbocycles. The molecule has 0 aliphatic carbocycles. The van der Waals surface area contributed by atoms with E-state index in [4.69, 9.17) is 12.2 Å². The number of nitrogens with one attached hydrogen (secondary N) is 1. The predicted molar refractivity (Wildman–Crippen MR) is 87.8 cm³/mol. The molecule has 0 radical (unpaired) electrons. The minimum absolute atomic E-state index is 0.0809. The van der Waals surface area contributed by atoms with E-state index < -0.39 is 22.8 Å². The van der Waals surface area contributed by atoms with Gasteiger partial charge >= 0.3 is 0 Å². The van der Waals surface area contributed by atoms with Crippen LogP contribution in [0.3, 0.4) is 0 Å². The van der Waals surface area contributed by atoms with Gasteiger partial charge < -0.3 is 0 Å². The minimum atomic E-state index is -1.04. The van der Waals surface area contributed by atoms with E-state index in [0.29, 0.717) is 11.4 Å². The lowest BCUT2D eigenvalue weighted by atomic mass is 10.1. The minimum Gasteiger partial charge on any atom is -0.274 e. The summed E-state index contributed by atoms with van der Waals surface area (Å²) in [5.74, 6) is -1.07. The highest BCUT2D eigenvalue weighted by Gasteiger charge is 2.34. The number of thiocarbonyl (C=S) groups is 1. The predicted octanol–water partition coefficient (Wildman–Crippen LogP) is 1.69. The van der Waals surface area contributed by atoms with Crippen LogP contribution in [0, 0.1) is 10.1 Å². The Kier molecular flexibility index (Phi) is 5.04. The van der Waals surface area contributed by atoms with Crippen molar-refractivity contribution >= 4 is 46.2 Å². The van der Waals surface area contributed by atoms with E-state index in [-0.39, 0.29) is 10.8 Å². The van der Waals surface area contributed by atoms with Gasteiger partial charge in [-0.15, -0.1) is 0 Å². The van der Waals surface area contributed by atoms with Crippen molar-refractivity contribution in [1.29, 1.82) is 0 Å². The maximum absolute atomic E-state index is 12.3. The van der Waals surface area contributed by atoms with E-state index in [1.165, 1.54) is 31.2 Å². The molecule has 1 N–H and O–H groups in total. The lowest BCUT2D eigenvalue weighted by Crippen LogP contribution is -2.55. The molecule has 2 rings (SSSR count). The van der Waals surface area contributed by atoms with Gasteiger partial charge in [0.15, 0.2) is 6.04 Å². The molecule has 1 heterocycles. The number of non-ortho nitro benzene ring substituents is 1. The zero-order chi connectivity index (χ0) is 17.9. The van der Waals surface area contributed by atoms with Crippen molar-refractivity contribution < 1.29 is 14.5 Å². The molecular weight excluding hydrogens is 336 g/mol. The Hall–Kier alpha value is -3.08. The number of amides is 2. The normalized spacial score (nSPS) is 17.8. The molecule has 1 aromatic rings. The average Bonchev–Trinajstić information content (AvgIpc) is 2.51. The highest BCUT2D eigenvalue weighted by atomic mass is 32.1. The SMILES string of the molecule is CC(=O)NN1C(=O)[C@@H](N=Nc2ccc([N+](=O)[O-])cc2)C(C)=NC1=S. The van der Waals surface area contributed by atoms with E-state index in [0.717, 1.165) is 5.01 Å². The summed E-state index contributed by atoms with van der Waals surface area (Å²) in [5, 5.41) is 19.1. The third-order valence-corrected chi connectivity index (χ3v) is 3.21. The lowest BCUT2D eigenvalue weighted by Gasteiger charge is -2.27. The maximum atomic E-state index is 12.3. The van der Waals surface area contributed by atoms with Gasteiger partial charge in [-0.05, 0) is 31.3 Å². The van der Waals surface area contributed by atoms with Crippen LogP contribution in [0.25, 0.3) is 0 Å². The molecule has 124 valence electrons. The van der Waals surface area contributed by atoms with Crippen molar-refractivity contribution in [1.82, 2.24) is 10.4 Å². The molecule has 0 saturated heterocycles. The van der Waals surface area contributed by atoms with Crippen molar-refractivity contribution in [3.8, 4) is 0 Å². The van der Waals surface area contributed by atoms with E-state index in [1.807, 2.05) is 0 Å². The first kappa shape index (κ1) is 17.3. The number of benzene rings is 1. The summed E-state index contributed by atoms with van der Waals surface area (Å²) in [4.78, 5) is 37.5. The number of hydrazine groups is 1. The highest BCUT2D eigenvalue weighted by molar-refractivity contribution is 7.80. The second-order valence-corrected chi connectivity index (χ2v) is 5.13. The van der Waals surface area contributed by atoms with E-state index in [1.54, 1.807) is 6.92 Å². The zero-order valence-electron chi connectivity index (χ0n) is 12.7. The molecule has 1 aliphatic heterocycles. The number of nitro groups is 1. The molecule has 0 spiro atoms. The topological polar surface area (TPSA) is 130 Å². The molecule has 1 aromatic carbocycles. The number of nitro benzene ring substituents is 1. The quantitative estimate of drug-likeness (QED) is 0.383. The van der Waals surface area contributed by atoms with Crippen LogP contribution in [0.1, 0.15) is 13.8 Å². The Balaban J connectivity index is 2.22. The maximum Gasteiger partial charge on any atom is 0.280 e. The number of azo groups is 1. The van der Waals surface area contributed by atoms with Gasteiger partial charge in [-0.1, -0.05) is 0 Å². The van der Waals surface area contributed by atoms with Crippen LogP contribution in [0.4, 0.5) is 11.4 Å². The van der Waals surface area contributed by atoms with E-state index in [9.17, 15) is 19.7 Å². The summed E-state index contributed by atoms with van der Waals surface area (Å²) in [7, 11) is 0. The molecule has 0 unspecified atom stereocenters. The fourth-order valence-corrected chi connectivity index (χ4v) is 2.10. The molecule has 24 heavy (non-hydrogen) atoms. The number of aliphatic imine (C=N–C) groups is 1. The van der Waals surface area contributed by atoms with Crippen LogP contribution in [0.5, 0.6) is 0 Å². The molecular formula is C13H12N6O4S. The van der Waals surface area contributed by atoms with Crippen LogP contribution in [-0.4, -0.2) is 38.6 Å². The number of hydrogen-bond acceptors (Lipinski definition) is 7. The Labute approximate surface area is 141 Å². The molecule has 2 amide bonds. The number of hydrogen-bond donors (Lipinski definition) is 1. The molecule has 0 fully saturated rings. The summed E-state index contributed by atoms with van der Waals surface area (Å²) in [6, 6.07) is 4.31. The first-order valence-corrected chi connectivity index (χ1v) is 7.06. The Morgan fingerprint density at radius 1 is 1.42 bits per heavy atom. The van der Waals surface area contributed by atoms with Crippen molar-refractivity contribution in [2.24, 2.45) is 15.2 Å². The van der Waals surface area contributed by atoms with Gasteiger partial charge in [0, 0.05) is 19.1 Å². The van der Waals surface area contributed by atoms with Crippen molar-refractivity contribution in [2.75, 3.05) is 0 Å². The van der Waals surface area contributed by atoms with Gasteiger partial charge in [0.25, 0.3) is 11.6 Å².